The Kier molecular flexibility index (Phi) is 6.38. The first-order chi connectivity index (χ1) is 18.2. The fourth-order valence-corrected chi connectivity index (χ4v) is 9.38. The van der Waals surface area contributed by atoms with E-state index in [0.717, 1.165) is 32.3 Å². The summed E-state index contributed by atoms with van der Waals surface area (Å²) in [7, 11) is -0.899. The maximum atomic E-state index is 14.8. The van der Waals surface area contributed by atoms with Crippen LogP contribution in [-0.2, 0) is 10.8 Å². The molecule has 0 saturated carbocycles. The van der Waals surface area contributed by atoms with Crippen molar-refractivity contribution >= 4 is 51.2 Å². The van der Waals surface area contributed by atoms with Gasteiger partial charge in [-0.25, -0.2) is 4.21 Å². The van der Waals surface area contributed by atoms with Crippen LogP contribution >= 0.6 is 8.07 Å². The Morgan fingerprint density at radius 3 is 1.89 bits per heavy atom. The van der Waals surface area contributed by atoms with Gasteiger partial charge in [-0.3, -0.25) is 0 Å². The van der Waals surface area contributed by atoms with Gasteiger partial charge in [-0.15, -0.1) is 0 Å². The summed E-state index contributed by atoms with van der Waals surface area (Å²) in [6, 6.07) is 41.5. The highest BCUT2D eigenvalue weighted by Crippen LogP contribution is 2.46. The molecule has 0 radical (unpaired) electrons. The highest BCUT2D eigenvalue weighted by Gasteiger charge is 2.29. The molecule has 6 rings (SSSR count). The van der Waals surface area contributed by atoms with Gasteiger partial charge in [-0.05, 0) is 30.0 Å². The van der Waals surface area contributed by atoms with Crippen molar-refractivity contribution in [2.24, 2.45) is 0 Å². The highest BCUT2D eigenvalue weighted by molar-refractivity contribution is 7.86. The second kappa shape index (κ2) is 9.97. The van der Waals surface area contributed by atoms with Crippen LogP contribution in [0.5, 0.6) is 5.75 Å². The Bertz CT molecular complexity index is 1710. The molecule has 1 aromatic heterocycles. The van der Waals surface area contributed by atoms with Gasteiger partial charge in [-0.2, -0.15) is 0 Å². The van der Waals surface area contributed by atoms with Crippen LogP contribution in [0.2, 0.25) is 0 Å². The summed E-state index contributed by atoms with van der Waals surface area (Å²) in [6.07, 6.45) is 0. The number of hydrogen-bond acceptors (Lipinski definition) is 2. The molecule has 6 aromatic rings. The summed E-state index contributed by atoms with van der Waals surface area (Å²) in [5.41, 5.74) is 2.12. The lowest BCUT2D eigenvalue weighted by Crippen LogP contribution is -2.19. The molecule has 0 aliphatic carbocycles. The number of fused-ring (bicyclic) bond motifs is 2. The van der Waals surface area contributed by atoms with E-state index in [-0.39, 0.29) is 0 Å². The van der Waals surface area contributed by atoms with Gasteiger partial charge in [0.25, 0.3) is 0 Å². The van der Waals surface area contributed by atoms with Crippen molar-refractivity contribution in [3.05, 3.63) is 127 Å². The van der Waals surface area contributed by atoms with Crippen LogP contribution in [0.3, 0.4) is 0 Å². The quantitative estimate of drug-likeness (QED) is 0.218. The number of benzene rings is 5. The van der Waals surface area contributed by atoms with Gasteiger partial charge >= 0.3 is 0 Å². The van der Waals surface area contributed by atoms with E-state index in [4.69, 9.17) is 4.74 Å². The molecule has 0 unspecified atom stereocenters. The van der Waals surface area contributed by atoms with Crippen LogP contribution in [0.25, 0.3) is 21.7 Å². The Balaban J connectivity index is 1.70. The highest BCUT2D eigenvalue weighted by atomic mass is 32.2. The number of aromatic nitrogens is 1. The molecule has 37 heavy (non-hydrogen) atoms. The maximum Gasteiger partial charge on any atom is 0.136 e. The van der Waals surface area contributed by atoms with E-state index in [1.165, 1.54) is 10.6 Å². The van der Waals surface area contributed by atoms with E-state index < -0.39 is 18.9 Å². The molecular formula is C32H26NO2PS. The molecule has 1 heterocycles. The lowest BCUT2D eigenvalue weighted by atomic mass is 10.1. The first kappa shape index (κ1) is 23.7. The third kappa shape index (κ3) is 4.07. The zero-order chi connectivity index (χ0) is 25.4. The van der Waals surface area contributed by atoms with Gasteiger partial charge in [0, 0.05) is 21.4 Å². The van der Waals surface area contributed by atoms with Crippen LogP contribution in [0.1, 0.15) is 5.56 Å². The van der Waals surface area contributed by atoms with Gasteiger partial charge in [0.1, 0.15) is 21.6 Å². The summed E-state index contributed by atoms with van der Waals surface area (Å²) < 4.78 is 23.0. The second-order valence-electron chi connectivity index (χ2n) is 8.83. The summed E-state index contributed by atoms with van der Waals surface area (Å²) in [5, 5.41) is 6.32. The van der Waals surface area contributed by atoms with E-state index in [9.17, 15) is 4.21 Å². The predicted molar refractivity (Wildman–Crippen MR) is 156 cm³/mol. The van der Waals surface area contributed by atoms with Gasteiger partial charge in [0.05, 0.1) is 25.6 Å². The zero-order valence-corrected chi connectivity index (χ0v) is 22.4. The molecule has 5 heteroatoms. The number of rotatable bonds is 6. The van der Waals surface area contributed by atoms with Gasteiger partial charge in [-0.1, -0.05) is 109 Å². The van der Waals surface area contributed by atoms with Crippen molar-refractivity contribution < 1.29 is 8.95 Å². The fourth-order valence-electron chi connectivity index (χ4n) is 4.97. The second-order valence-corrected chi connectivity index (χ2v) is 12.2. The summed E-state index contributed by atoms with van der Waals surface area (Å²) >= 11 is 0. The predicted octanol–water partition coefficient (Wildman–Crippen LogP) is 7.17. The van der Waals surface area contributed by atoms with Crippen molar-refractivity contribution in [1.29, 1.82) is 0 Å². The monoisotopic (exact) mass is 519 g/mol. The van der Waals surface area contributed by atoms with Gasteiger partial charge < -0.3 is 9.07 Å². The molecule has 182 valence electrons. The molecule has 1 atom stereocenters. The molecule has 5 aromatic carbocycles. The van der Waals surface area contributed by atoms with E-state index in [1.807, 2.05) is 42.5 Å². The number of methoxy groups -OCH3 is 1. The first-order valence-corrected chi connectivity index (χ1v) is 14.6. The maximum absolute atomic E-state index is 14.8. The average molecular weight is 520 g/mol. The van der Waals surface area contributed by atoms with Crippen LogP contribution in [0.4, 0.5) is 0 Å². The minimum Gasteiger partial charge on any atom is -0.495 e. The van der Waals surface area contributed by atoms with Crippen LogP contribution < -0.4 is 15.3 Å². The van der Waals surface area contributed by atoms with Gasteiger partial charge in [0.15, 0.2) is 0 Å². The smallest absolute Gasteiger partial charge is 0.136 e. The first-order valence-electron chi connectivity index (χ1n) is 12.2. The van der Waals surface area contributed by atoms with Crippen LogP contribution in [-0.4, -0.2) is 15.7 Å². The minimum absolute atomic E-state index is 0.636. The molecule has 3 nitrogen and oxygen atoms in total. The van der Waals surface area contributed by atoms with Gasteiger partial charge in [0.2, 0.25) is 0 Å². The molecule has 0 N–H and O–H groups in total. The molecule has 0 saturated heterocycles. The normalized spacial score (nSPS) is 12.3. The van der Waals surface area contributed by atoms with Crippen LogP contribution in [0.15, 0.2) is 131 Å². The molecule has 0 spiro atoms. The fraction of sp³-hybridized carbons (Fsp3) is 0.0625. The Morgan fingerprint density at radius 1 is 0.676 bits per heavy atom. The SMILES string of the molecule is COc1ccc2ccccc2c1[S@](=O)c1c(C)c2ccccc2n1P(c1ccccc1)c1ccccc1. The molecule has 0 amide bonds. The van der Waals surface area contributed by atoms with Crippen LogP contribution in [0, 0.1) is 6.92 Å². The number of ether oxygens (including phenoxy) is 1. The number of aryl methyl sites for hydroxylation is 1. The Morgan fingerprint density at radius 2 is 1.24 bits per heavy atom. The van der Waals surface area contributed by atoms with Crippen molar-refractivity contribution in [2.45, 2.75) is 16.8 Å². The average Bonchev–Trinajstić information content (AvgIpc) is 3.25. The van der Waals surface area contributed by atoms with Crippen molar-refractivity contribution in [3.8, 4) is 5.75 Å². The van der Waals surface area contributed by atoms with E-state index in [2.05, 4.69) is 90.1 Å². The molecule has 0 aliphatic heterocycles. The van der Waals surface area contributed by atoms with Crippen molar-refractivity contribution in [3.63, 3.8) is 0 Å². The van der Waals surface area contributed by atoms with E-state index in [0.29, 0.717) is 10.6 Å². The minimum atomic E-state index is -1.50. The molecule has 0 aliphatic rings. The Labute approximate surface area is 220 Å². The third-order valence-electron chi connectivity index (χ3n) is 6.68. The van der Waals surface area contributed by atoms with E-state index >= 15 is 0 Å². The standard InChI is InChI=1S/C32H26NO2PS/c1-23-27-18-11-12-20-29(27)33(36(25-14-5-3-6-15-25)26-16-7-4-8-17-26)32(23)37(34)31-28-19-10-9-13-24(28)21-22-30(31)35-2/h3-22H,1-2H3/t37-/m0/s1. The molecule has 0 bridgehead atoms. The largest absolute Gasteiger partial charge is 0.495 e. The summed E-state index contributed by atoms with van der Waals surface area (Å²) in [5.74, 6) is 0.636. The molecule has 0 fully saturated rings. The van der Waals surface area contributed by atoms with Crippen molar-refractivity contribution in [2.75, 3.05) is 7.11 Å². The lowest BCUT2D eigenvalue weighted by molar-refractivity contribution is 0.405. The molecular weight excluding hydrogens is 493 g/mol. The van der Waals surface area contributed by atoms with E-state index in [1.54, 1.807) is 7.11 Å². The summed E-state index contributed by atoms with van der Waals surface area (Å²) in [6.45, 7) is 2.09. The number of hydrogen-bond donors (Lipinski definition) is 0. The Hall–Kier alpha value is -3.72. The lowest BCUT2D eigenvalue weighted by Gasteiger charge is -2.24. The zero-order valence-electron chi connectivity index (χ0n) is 20.7. The number of nitrogens with zero attached hydrogens (tertiary/aromatic N) is 1. The third-order valence-corrected chi connectivity index (χ3v) is 10.8. The topological polar surface area (TPSA) is 31.2 Å². The van der Waals surface area contributed by atoms with Crippen molar-refractivity contribution in [1.82, 2.24) is 4.34 Å². The summed E-state index contributed by atoms with van der Waals surface area (Å²) in [4.78, 5) is 0.712. The number of para-hydroxylation sites is 1.